The number of hydrogen-bond donors (Lipinski definition) is 1. The molecule has 7 heteroatoms. The lowest BCUT2D eigenvalue weighted by Crippen LogP contribution is -2.34. The third kappa shape index (κ3) is 3.17. The Kier molecular flexibility index (Phi) is 4.73. The van der Waals surface area contributed by atoms with Crippen LogP contribution in [0.4, 0.5) is 5.95 Å². The predicted molar refractivity (Wildman–Crippen MR) is 117 cm³/mol. The van der Waals surface area contributed by atoms with E-state index in [4.69, 9.17) is 9.47 Å². The summed E-state index contributed by atoms with van der Waals surface area (Å²) in [7, 11) is 3.27. The summed E-state index contributed by atoms with van der Waals surface area (Å²) in [6.45, 7) is 2.06. The quantitative estimate of drug-likeness (QED) is 0.692. The van der Waals surface area contributed by atoms with Gasteiger partial charge in [-0.05, 0) is 36.1 Å². The van der Waals surface area contributed by atoms with Crippen molar-refractivity contribution in [3.63, 3.8) is 0 Å². The fourth-order valence-corrected chi connectivity index (χ4v) is 4.71. The highest BCUT2D eigenvalue weighted by Crippen LogP contribution is 2.46. The molecule has 2 aliphatic rings. The minimum absolute atomic E-state index is 0.00611. The van der Waals surface area contributed by atoms with Crippen LogP contribution in [-0.4, -0.2) is 34.8 Å². The van der Waals surface area contributed by atoms with Gasteiger partial charge in [-0.1, -0.05) is 30.3 Å². The maximum atomic E-state index is 13.5. The molecule has 2 aromatic carbocycles. The van der Waals surface area contributed by atoms with Crippen LogP contribution in [0.5, 0.6) is 11.5 Å². The Labute approximate surface area is 180 Å². The van der Waals surface area contributed by atoms with Crippen molar-refractivity contribution in [3.8, 4) is 11.5 Å². The minimum atomic E-state index is -0.277. The summed E-state index contributed by atoms with van der Waals surface area (Å²) in [6.07, 6.45) is 2.63. The largest absolute Gasteiger partial charge is 0.497 e. The molecule has 1 aromatic heterocycles. The van der Waals surface area contributed by atoms with E-state index >= 15 is 0 Å². The summed E-state index contributed by atoms with van der Waals surface area (Å²) in [5.41, 5.74) is 4.87. The number of rotatable bonds is 4. The van der Waals surface area contributed by atoms with Gasteiger partial charge in [0.2, 0.25) is 5.95 Å². The number of ether oxygens (including phenoxy) is 2. The third-order valence-corrected chi connectivity index (χ3v) is 6.23. The number of ketones is 1. The summed E-state index contributed by atoms with van der Waals surface area (Å²) in [5.74, 6) is 2.24. The Balaban J connectivity index is 1.59. The summed E-state index contributed by atoms with van der Waals surface area (Å²) in [5, 5.41) is 7.80. The average molecular weight is 416 g/mol. The molecule has 3 aromatic rings. The SMILES string of the molecule is COc1ccc([C@H]2CC(=O)C3=C(C2)Nc2ncnn2[C@@H]3c2ccccc2C)c(OC)c1. The maximum absolute atomic E-state index is 13.5. The van der Waals surface area contributed by atoms with Crippen LogP contribution >= 0.6 is 0 Å². The van der Waals surface area contributed by atoms with Crippen LogP contribution in [0.1, 0.15) is 41.5 Å². The van der Waals surface area contributed by atoms with Crippen molar-refractivity contribution in [2.24, 2.45) is 0 Å². The van der Waals surface area contributed by atoms with Gasteiger partial charge in [0, 0.05) is 29.7 Å². The molecule has 0 bridgehead atoms. The average Bonchev–Trinajstić information content (AvgIpc) is 3.26. The van der Waals surface area contributed by atoms with Crippen LogP contribution in [0.15, 0.2) is 60.1 Å². The van der Waals surface area contributed by atoms with Gasteiger partial charge in [-0.2, -0.15) is 10.1 Å². The number of methoxy groups -OCH3 is 2. The first-order chi connectivity index (χ1) is 15.1. The number of benzene rings is 2. The second kappa shape index (κ2) is 7.58. The first kappa shape index (κ1) is 19.4. The molecule has 31 heavy (non-hydrogen) atoms. The van der Waals surface area contributed by atoms with E-state index in [-0.39, 0.29) is 17.7 Å². The van der Waals surface area contributed by atoms with E-state index in [0.29, 0.717) is 18.8 Å². The van der Waals surface area contributed by atoms with Crippen LogP contribution in [0.2, 0.25) is 0 Å². The topological polar surface area (TPSA) is 78.3 Å². The zero-order valence-electron chi connectivity index (χ0n) is 17.8. The molecule has 1 aliphatic heterocycles. The molecule has 1 aliphatic carbocycles. The lowest BCUT2D eigenvalue weighted by atomic mass is 9.77. The zero-order chi connectivity index (χ0) is 21.5. The molecule has 1 N–H and O–H groups in total. The van der Waals surface area contributed by atoms with Crippen molar-refractivity contribution in [1.82, 2.24) is 14.8 Å². The van der Waals surface area contributed by atoms with Crippen molar-refractivity contribution >= 4 is 11.7 Å². The van der Waals surface area contributed by atoms with Gasteiger partial charge in [-0.25, -0.2) is 4.68 Å². The molecule has 2 heterocycles. The van der Waals surface area contributed by atoms with Crippen molar-refractivity contribution in [2.75, 3.05) is 19.5 Å². The van der Waals surface area contributed by atoms with Crippen LogP contribution in [0, 0.1) is 6.92 Å². The highest BCUT2D eigenvalue weighted by atomic mass is 16.5. The van der Waals surface area contributed by atoms with Crippen molar-refractivity contribution < 1.29 is 14.3 Å². The van der Waals surface area contributed by atoms with E-state index in [9.17, 15) is 4.79 Å². The molecule has 0 unspecified atom stereocenters. The zero-order valence-corrected chi connectivity index (χ0v) is 17.8. The van der Waals surface area contributed by atoms with Gasteiger partial charge in [0.25, 0.3) is 0 Å². The van der Waals surface area contributed by atoms with Gasteiger partial charge in [0.1, 0.15) is 23.9 Å². The number of Topliss-reactive ketones (excluding diaryl/α,β-unsaturated/α-hetero) is 1. The Bertz CT molecular complexity index is 1200. The smallest absolute Gasteiger partial charge is 0.226 e. The van der Waals surface area contributed by atoms with Crippen LogP contribution < -0.4 is 14.8 Å². The molecule has 0 fully saturated rings. The Morgan fingerprint density at radius 1 is 1.06 bits per heavy atom. The predicted octanol–water partition coefficient (Wildman–Crippen LogP) is 4.02. The normalized spacial score (nSPS) is 20.0. The maximum Gasteiger partial charge on any atom is 0.226 e. The third-order valence-electron chi connectivity index (χ3n) is 6.23. The Morgan fingerprint density at radius 2 is 1.90 bits per heavy atom. The molecule has 158 valence electrons. The number of allylic oxidation sites excluding steroid dienone is 2. The molecular formula is C24H24N4O3. The number of carbonyl (C=O) groups excluding carboxylic acids is 1. The van der Waals surface area contributed by atoms with Crippen molar-refractivity contribution in [1.29, 1.82) is 0 Å². The van der Waals surface area contributed by atoms with Crippen molar-refractivity contribution in [2.45, 2.75) is 31.7 Å². The Hall–Kier alpha value is -3.61. The second-order valence-electron chi connectivity index (χ2n) is 7.94. The van der Waals surface area contributed by atoms with Gasteiger partial charge >= 0.3 is 0 Å². The van der Waals surface area contributed by atoms with Gasteiger partial charge in [0.05, 0.1) is 14.2 Å². The molecule has 0 saturated carbocycles. The summed E-state index contributed by atoms with van der Waals surface area (Å²) >= 11 is 0. The fourth-order valence-electron chi connectivity index (χ4n) is 4.71. The summed E-state index contributed by atoms with van der Waals surface area (Å²) < 4.78 is 12.7. The van der Waals surface area contributed by atoms with Gasteiger partial charge < -0.3 is 14.8 Å². The highest BCUT2D eigenvalue weighted by Gasteiger charge is 2.40. The number of fused-ring (bicyclic) bond motifs is 1. The molecular weight excluding hydrogens is 392 g/mol. The minimum Gasteiger partial charge on any atom is -0.497 e. The molecule has 0 radical (unpaired) electrons. The van der Waals surface area contributed by atoms with E-state index in [0.717, 1.165) is 39.5 Å². The molecule has 5 rings (SSSR count). The van der Waals surface area contributed by atoms with Crippen LogP contribution in [0.3, 0.4) is 0 Å². The fraction of sp³-hybridized carbons (Fsp3) is 0.292. The summed E-state index contributed by atoms with van der Waals surface area (Å²) in [6, 6.07) is 13.6. The molecule has 0 spiro atoms. The van der Waals surface area contributed by atoms with E-state index < -0.39 is 0 Å². The first-order valence-electron chi connectivity index (χ1n) is 10.3. The monoisotopic (exact) mass is 416 g/mol. The molecule has 2 atom stereocenters. The number of anilines is 1. The number of nitrogens with zero attached hydrogens (tertiary/aromatic N) is 3. The lowest BCUT2D eigenvalue weighted by molar-refractivity contribution is -0.116. The van der Waals surface area contributed by atoms with E-state index in [2.05, 4.69) is 34.5 Å². The van der Waals surface area contributed by atoms with Gasteiger partial charge in [0.15, 0.2) is 5.78 Å². The number of nitrogens with one attached hydrogen (secondary N) is 1. The number of aryl methyl sites for hydroxylation is 1. The molecule has 0 saturated heterocycles. The summed E-state index contributed by atoms with van der Waals surface area (Å²) in [4.78, 5) is 17.9. The second-order valence-corrected chi connectivity index (χ2v) is 7.94. The van der Waals surface area contributed by atoms with Crippen LogP contribution in [0.25, 0.3) is 0 Å². The van der Waals surface area contributed by atoms with E-state index in [1.807, 2.05) is 35.0 Å². The van der Waals surface area contributed by atoms with Gasteiger partial charge in [-0.15, -0.1) is 0 Å². The molecule has 7 nitrogen and oxygen atoms in total. The number of carbonyl (C=O) groups is 1. The molecule has 0 amide bonds. The van der Waals surface area contributed by atoms with E-state index in [1.54, 1.807) is 14.2 Å². The standard InChI is InChI=1S/C24H24N4O3/c1-14-6-4-5-7-17(14)23-22-19(27-24-25-13-26-28(23)24)10-15(11-20(22)29)18-9-8-16(30-2)12-21(18)31-3/h4-9,12-13,15,23H,10-11H2,1-3H3,(H,25,26,27)/t15-,23-/m1/s1. The highest BCUT2D eigenvalue weighted by molar-refractivity contribution is 6.00. The van der Waals surface area contributed by atoms with Gasteiger partial charge in [-0.3, -0.25) is 4.79 Å². The Morgan fingerprint density at radius 3 is 2.68 bits per heavy atom. The first-order valence-corrected chi connectivity index (χ1v) is 10.3. The number of aromatic nitrogens is 3. The number of hydrogen-bond acceptors (Lipinski definition) is 6. The van der Waals surface area contributed by atoms with Crippen molar-refractivity contribution in [3.05, 3.63) is 76.8 Å². The van der Waals surface area contributed by atoms with Crippen LogP contribution in [-0.2, 0) is 4.79 Å². The van der Waals surface area contributed by atoms with E-state index in [1.165, 1.54) is 6.33 Å². The lowest BCUT2D eigenvalue weighted by Gasteiger charge is -2.35.